The predicted octanol–water partition coefficient (Wildman–Crippen LogP) is -1.71. The van der Waals surface area contributed by atoms with Gasteiger partial charge in [-0.2, -0.15) is 4.98 Å². The van der Waals surface area contributed by atoms with E-state index in [0.29, 0.717) is 0 Å². The van der Waals surface area contributed by atoms with Crippen LogP contribution in [0, 0.1) is 0 Å². The molecule has 8 nitrogen and oxygen atoms in total. The Morgan fingerprint density at radius 2 is 2.21 bits per heavy atom. The summed E-state index contributed by atoms with van der Waals surface area (Å²) in [7, 11) is 0. The minimum atomic E-state index is -1.43. The Hall–Kier alpha value is -1.48. The summed E-state index contributed by atoms with van der Waals surface area (Å²) in [4.78, 5) is 14.9. The van der Waals surface area contributed by atoms with Crippen molar-refractivity contribution in [1.82, 2.24) is 9.55 Å². The first-order valence-corrected chi connectivity index (χ1v) is 5.71. The SMILES string of the molecule is CC(C)(O)[C@@H](O)C(CO)OCn1ccc(N)nc1=O. The molecule has 0 aromatic carbocycles. The molecule has 0 aliphatic heterocycles. The second-order valence-corrected chi connectivity index (χ2v) is 4.72. The van der Waals surface area contributed by atoms with Gasteiger partial charge in [-0.25, -0.2) is 4.79 Å². The lowest BCUT2D eigenvalue weighted by Crippen LogP contribution is -2.47. The van der Waals surface area contributed by atoms with Crippen molar-refractivity contribution in [2.75, 3.05) is 12.3 Å². The summed E-state index contributed by atoms with van der Waals surface area (Å²) >= 11 is 0. The standard InChI is InChI=1S/C11H19N3O5/c1-11(2,18)9(16)7(5-15)19-6-14-4-3-8(12)13-10(14)17/h3-4,7,9,15-16,18H,5-6H2,1-2H3,(H2,12,13,17)/t7?,9-/m0/s1. The maximum absolute atomic E-state index is 11.4. The van der Waals surface area contributed by atoms with Crippen LogP contribution in [-0.4, -0.2) is 49.3 Å². The van der Waals surface area contributed by atoms with Crippen LogP contribution in [-0.2, 0) is 11.5 Å². The van der Waals surface area contributed by atoms with Crippen LogP contribution in [0.3, 0.4) is 0 Å². The third-order valence-corrected chi connectivity index (χ3v) is 2.58. The number of nitrogens with zero attached hydrogens (tertiary/aromatic N) is 2. The average Bonchev–Trinajstić information content (AvgIpc) is 2.30. The molecule has 0 aliphatic carbocycles. The maximum Gasteiger partial charge on any atom is 0.351 e. The van der Waals surface area contributed by atoms with Crippen molar-refractivity contribution in [3.8, 4) is 0 Å². The van der Waals surface area contributed by atoms with Gasteiger partial charge < -0.3 is 25.8 Å². The van der Waals surface area contributed by atoms with Crippen molar-refractivity contribution in [3.63, 3.8) is 0 Å². The molecule has 1 aromatic rings. The smallest absolute Gasteiger partial charge is 0.351 e. The normalized spacial score (nSPS) is 15.2. The van der Waals surface area contributed by atoms with Crippen LogP contribution in [0.25, 0.3) is 0 Å². The van der Waals surface area contributed by atoms with E-state index < -0.39 is 30.1 Å². The molecule has 1 heterocycles. The molecule has 2 atom stereocenters. The summed E-state index contributed by atoms with van der Waals surface area (Å²) in [5.41, 5.74) is 3.30. The van der Waals surface area contributed by atoms with Crippen LogP contribution in [0.1, 0.15) is 13.8 Å². The predicted molar refractivity (Wildman–Crippen MR) is 67.2 cm³/mol. The number of aromatic nitrogens is 2. The molecular formula is C11H19N3O5. The van der Waals surface area contributed by atoms with Gasteiger partial charge in [-0.1, -0.05) is 0 Å². The van der Waals surface area contributed by atoms with Gasteiger partial charge in [-0.05, 0) is 19.9 Å². The van der Waals surface area contributed by atoms with Gasteiger partial charge in [0, 0.05) is 6.20 Å². The Labute approximate surface area is 110 Å². The Morgan fingerprint density at radius 1 is 1.58 bits per heavy atom. The Balaban J connectivity index is 2.71. The fourth-order valence-corrected chi connectivity index (χ4v) is 1.41. The van der Waals surface area contributed by atoms with Gasteiger partial charge in [-0.3, -0.25) is 4.57 Å². The molecule has 108 valence electrons. The van der Waals surface area contributed by atoms with E-state index in [-0.39, 0.29) is 12.5 Å². The molecule has 0 spiro atoms. The number of aliphatic hydroxyl groups excluding tert-OH is 2. The van der Waals surface area contributed by atoms with Crippen molar-refractivity contribution >= 4 is 5.82 Å². The number of hydrogen-bond donors (Lipinski definition) is 4. The zero-order valence-electron chi connectivity index (χ0n) is 10.9. The molecule has 5 N–H and O–H groups in total. The summed E-state index contributed by atoms with van der Waals surface area (Å²) in [5, 5.41) is 28.5. The molecule has 1 rings (SSSR count). The first-order chi connectivity index (χ1) is 8.75. The highest BCUT2D eigenvalue weighted by Gasteiger charge is 2.32. The number of nitrogen functional groups attached to an aromatic ring is 1. The molecule has 1 aromatic heterocycles. The highest BCUT2D eigenvalue weighted by Crippen LogP contribution is 2.14. The van der Waals surface area contributed by atoms with E-state index in [2.05, 4.69) is 4.98 Å². The second kappa shape index (κ2) is 6.11. The van der Waals surface area contributed by atoms with Gasteiger partial charge in [0.15, 0.2) is 0 Å². The number of hydrogen-bond acceptors (Lipinski definition) is 7. The van der Waals surface area contributed by atoms with Gasteiger partial charge in [0.25, 0.3) is 0 Å². The summed E-state index contributed by atoms with van der Waals surface area (Å²) < 4.78 is 6.33. The molecule has 0 saturated heterocycles. The third-order valence-electron chi connectivity index (χ3n) is 2.58. The third kappa shape index (κ3) is 4.28. The second-order valence-electron chi connectivity index (χ2n) is 4.72. The largest absolute Gasteiger partial charge is 0.394 e. The molecule has 0 aliphatic rings. The molecule has 0 amide bonds. The molecule has 0 saturated carbocycles. The molecule has 8 heteroatoms. The highest BCUT2D eigenvalue weighted by atomic mass is 16.5. The van der Waals surface area contributed by atoms with Crippen LogP contribution in [0.2, 0.25) is 0 Å². The van der Waals surface area contributed by atoms with Gasteiger partial charge in [0.2, 0.25) is 0 Å². The quantitative estimate of drug-likeness (QED) is 0.485. The summed E-state index contributed by atoms with van der Waals surface area (Å²) in [6.45, 7) is 2.06. The lowest BCUT2D eigenvalue weighted by molar-refractivity contribution is -0.152. The van der Waals surface area contributed by atoms with Gasteiger partial charge in [0.1, 0.15) is 24.8 Å². The lowest BCUT2D eigenvalue weighted by Gasteiger charge is -2.30. The topological polar surface area (TPSA) is 131 Å². The molecule has 19 heavy (non-hydrogen) atoms. The van der Waals surface area contributed by atoms with Crippen molar-refractivity contribution in [2.45, 2.75) is 38.4 Å². The fraction of sp³-hybridized carbons (Fsp3) is 0.636. The van der Waals surface area contributed by atoms with Crippen molar-refractivity contribution in [2.24, 2.45) is 0 Å². The number of rotatable bonds is 6. The van der Waals surface area contributed by atoms with E-state index in [9.17, 15) is 15.0 Å². The first kappa shape index (κ1) is 15.6. The minimum absolute atomic E-state index is 0.0940. The summed E-state index contributed by atoms with van der Waals surface area (Å²) in [6, 6.07) is 1.42. The number of anilines is 1. The molecule has 0 bridgehead atoms. The minimum Gasteiger partial charge on any atom is -0.394 e. The molecular weight excluding hydrogens is 254 g/mol. The lowest BCUT2D eigenvalue weighted by atomic mass is 9.97. The van der Waals surface area contributed by atoms with E-state index >= 15 is 0 Å². The van der Waals surface area contributed by atoms with Gasteiger partial charge in [-0.15, -0.1) is 0 Å². The number of aliphatic hydroxyl groups is 3. The van der Waals surface area contributed by atoms with E-state index in [1.54, 1.807) is 0 Å². The van der Waals surface area contributed by atoms with Gasteiger partial charge in [0.05, 0.1) is 12.2 Å². The van der Waals surface area contributed by atoms with Crippen LogP contribution in [0.4, 0.5) is 5.82 Å². The van der Waals surface area contributed by atoms with Gasteiger partial charge >= 0.3 is 5.69 Å². The van der Waals surface area contributed by atoms with E-state index in [0.717, 1.165) is 4.57 Å². The zero-order chi connectivity index (χ0) is 14.6. The summed E-state index contributed by atoms with van der Waals surface area (Å²) in [6.07, 6.45) is -0.936. The van der Waals surface area contributed by atoms with Crippen LogP contribution in [0.5, 0.6) is 0 Å². The van der Waals surface area contributed by atoms with E-state index in [1.165, 1.54) is 26.1 Å². The van der Waals surface area contributed by atoms with Crippen LogP contribution < -0.4 is 11.4 Å². The molecule has 0 radical (unpaired) electrons. The number of nitrogens with two attached hydrogens (primary N) is 1. The Kier molecular flexibility index (Phi) is 5.01. The first-order valence-electron chi connectivity index (χ1n) is 5.71. The van der Waals surface area contributed by atoms with Crippen molar-refractivity contribution in [3.05, 3.63) is 22.7 Å². The average molecular weight is 273 g/mol. The fourth-order valence-electron chi connectivity index (χ4n) is 1.41. The Bertz CT molecular complexity index is 468. The molecule has 0 fully saturated rings. The van der Waals surface area contributed by atoms with E-state index in [1.807, 2.05) is 0 Å². The van der Waals surface area contributed by atoms with E-state index in [4.69, 9.17) is 15.6 Å². The maximum atomic E-state index is 11.4. The zero-order valence-corrected chi connectivity index (χ0v) is 10.9. The monoisotopic (exact) mass is 273 g/mol. The van der Waals surface area contributed by atoms with Crippen molar-refractivity contribution in [1.29, 1.82) is 0 Å². The summed E-state index contributed by atoms with van der Waals surface area (Å²) in [5.74, 6) is 0.0940. The highest BCUT2D eigenvalue weighted by molar-refractivity contribution is 5.23. The number of ether oxygens (including phenoxy) is 1. The van der Waals surface area contributed by atoms with Crippen LogP contribution >= 0.6 is 0 Å². The Morgan fingerprint density at radius 3 is 2.68 bits per heavy atom. The van der Waals surface area contributed by atoms with Crippen LogP contribution in [0.15, 0.2) is 17.1 Å². The molecule has 1 unspecified atom stereocenters. The van der Waals surface area contributed by atoms with Crippen molar-refractivity contribution < 1.29 is 20.1 Å².